The Morgan fingerprint density at radius 1 is 1.26 bits per heavy atom. The van der Waals surface area contributed by atoms with E-state index in [4.69, 9.17) is 10.8 Å². The smallest absolute Gasteiger partial charge is 0.329 e. The molecule has 4 N–H and O–H groups in total. The lowest BCUT2D eigenvalue weighted by atomic mass is 9.83. The lowest BCUT2D eigenvalue weighted by Crippen LogP contribution is -2.50. The fourth-order valence-electron chi connectivity index (χ4n) is 1.92. The topological polar surface area (TPSA) is 92.4 Å². The van der Waals surface area contributed by atoms with E-state index in [1.54, 1.807) is 38.1 Å². The molecule has 1 aromatic carbocycles. The number of carboxylic acid groups (broad SMARTS) is 1. The molecule has 0 heterocycles. The van der Waals surface area contributed by atoms with Gasteiger partial charge in [0.15, 0.2) is 0 Å². The fourth-order valence-corrected chi connectivity index (χ4v) is 1.92. The van der Waals surface area contributed by atoms with Crippen molar-refractivity contribution in [2.45, 2.75) is 37.6 Å². The molecular weight excluding hydrogens is 244 g/mol. The zero-order chi connectivity index (χ0) is 14.3. The van der Waals surface area contributed by atoms with Gasteiger partial charge in [-0.25, -0.2) is 4.79 Å². The first kappa shape index (κ1) is 13.4. The van der Waals surface area contributed by atoms with Crippen LogP contribution in [0.2, 0.25) is 0 Å². The van der Waals surface area contributed by atoms with Crippen LogP contribution in [-0.2, 0) is 15.0 Å². The first-order valence-corrected chi connectivity index (χ1v) is 6.20. The van der Waals surface area contributed by atoms with Crippen LogP contribution in [0, 0.1) is 0 Å². The van der Waals surface area contributed by atoms with Gasteiger partial charge < -0.3 is 16.2 Å². The van der Waals surface area contributed by atoms with Crippen molar-refractivity contribution in [2.75, 3.05) is 5.73 Å². The number of amides is 1. The molecule has 1 aliphatic rings. The number of anilines is 1. The maximum Gasteiger partial charge on any atom is 0.329 e. The Kier molecular flexibility index (Phi) is 3.00. The van der Waals surface area contributed by atoms with Crippen LogP contribution in [0.1, 0.15) is 32.3 Å². The number of carbonyl (C=O) groups is 2. The van der Waals surface area contributed by atoms with E-state index in [9.17, 15) is 9.59 Å². The van der Waals surface area contributed by atoms with E-state index in [1.165, 1.54) is 0 Å². The average Bonchev–Trinajstić information content (AvgIpc) is 3.10. The number of nitrogens with one attached hydrogen (secondary N) is 1. The largest absolute Gasteiger partial charge is 0.480 e. The minimum atomic E-state index is -1.05. The van der Waals surface area contributed by atoms with E-state index in [1.807, 2.05) is 0 Å². The Morgan fingerprint density at radius 3 is 2.21 bits per heavy atom. The molecule has 19 heavy (non-hydrogen) atoms. The number of aliphatic carboxylic acids is 1. The number of nitrogen functional groups attached to an aromatic ring is 1. The Balaban J connectivity index is 2.17. The molecule has 2 rings (SSSR count). The molecule has 0 radical (unpaired) electrons. The second-order valence-electron chi connectivity index (χ2n) is 5.59. The van der Waals surface area contributed by atoms with Crippen molar-refractivity contribution >= 4 is 17.6 Å². The maximum atomic E-state index is 12.3. The van der Waals surface area contributed by atoms with E-state index in [0.717, 1.165) is 5.56 Å². The summed E-state index contributed by atoms with van der Waals surface area (Å²) in [6.45, 7) is 3.54. The molecular formula is C14H18N2O3. The lowest BCUT2D eigenvalue weighted by Gasteiger charge is -2.26. The minimum absolute atomic E-state index is 0.280. The third kappa shape index (κ3) is 2.41. The number of hydrogen-bond acceptors (Lipinski definition) is 3. The summed E-state index contributed by atoms with van der Waals surface area (Å²) in [6, 6.07) is 7.04. The molecule has 1 fully saturated rings. The van der Waals surface area contributed by atoms with Crippen LogP contribution in [0.3, 0.4) is 0 Å². The number of rotatable bonds is 4. The van der Waals surface area contributed by atoms with Crippen molar-refractivity contribution in [3.05, 3.63) is 29.8 Å². The molecule has 1 aliphatic carbocycles. The molecule has 5 heteroatoms. The zero-order valence-electron chi connectivity index (χ0n) is 11.1. The van der Waals surface area contributed by atoms with Gasteiger partial charge in [-0.2, -0.15) is 0 Å². The molecule has 0 unspecified atom stereocenters. The normalized spacial score (nSPS) is 16.7. The average molecular weight is 262 g/mol. The summed E-state index contributed by atoms with van der Waals surface area (Å²) in [4.78, 5) is 23.4. The standard InChI is InChI=1S/C14H18N2O3/c1-13(2,9-3-5-10(15)6-4-9)11(17)16-14(7-8-14)12(18)19/h3-6H,7-8,15H2,1-2H3,(H,16,17)(H,18,19). The first-order valence-electron chi connectivity index (χ1n) is 6.20. The van der Waals surface area contributed by atoms with Crippen LogP contribution in [0.15, 0.2) is 24.3 Å². The summed E-state index contributed by atoms with van der Waals surface area (Å²) in [5.41, 5.74) is 5.21. The molecule has 0 bridgehead atoms. The van der Waals surface area contributed by atoms with E-state index in [2.05, 4.69) is 5.32 Å². The van der Waals surface area contributed by atoms with Gasteiger partial charge in [0.1, 0.15) is 5.54 Å². The summed E-state index contributed by atoms with van der Waals surface area (Å²) < 4.78 is 0. The maximum absolute atomic E-state index is 12.3. The van der Waals surface area contributed by atoms with Crippen molar-refractivity contribution < 1.29 is 14.7 Å². The summed E-state index contributed by atoms with van der Waals surface area (Å²) >= 11 is 0. The third-order valence-electron chi connectivity index (χ3n) is 3.71. The Hall–Kier alpha value is -2.04. The summed E-state index contributed by atoms with van der Waals surface area (Å²) in [5, 5.41) is 11.7. The number of nitrogens with two attached hydrogens (primary N) is 1. The van der Waals surface area contributed by atoms with E-state index >= 15 is 0 Å². The number of carbonyl (C=O) groups excluding carboxylic acids is 1. The van der Waals surface area contributed by atoms with Gasteiger partial charge in [0, 0.05) is 5.69 Å². The zero-order valence-corrected chi connectivity index (χ0v) is 11.1. The van der Waals surface area contributed by atoms with Crippen LogP contribution in [0.4, 0.5) is 5.69 Å². The van der Waals surface area contributed by atoms with Gasteiger partial charge >= 0.3 is 5.97 Å². The summed E-state index contributed by atoms with van der Waals surface area (Å²) in [5.74, 6) is -1.24. The Labute approximate surface area is 111 Å². The fraction of sp³-hybridized carbons (Fsp3) is 0.429. The monoisotopic (exact) mass is 262 g/mol. The quantitative estimate of drug-likeness (QED) is 0.713. The summed E-state index contributed by atoms with van der Waals surface area (Å²) in [7, 11) is 0. The van der Waals surface area contributed by atoms with Crippen molar-refractivity contribution in [3.63, 3.8) is 0 Å². The van der Waals surface area contributed by atoms with Gasteiger partial charge in [0.2, 0.25) is 5.91 Å². The second-order valence-corrected chi connectivity index (χ2v) is 5.59. The minimum Gasteiger partial charge on any atom is -0.480 e. The second kappa shape index (κ2) is 4.26. The molecule has 102 valence electrons. The van der Waals surface area contributed by atoms with Crippen molar-refractivity contribution in [1.29, 1.82) is 0 Å². The Morgan fingerprint density at radius 2 is 1.79 bits per heavy atom. The predicted molar refractivity (Wildman–Crippen MR) is 71.6 cm³/mol. The van der Waals surface area contributed by atoms with Crippen LogP contribution < -0.4 is 11.1 Å². The van der Waals surface area contributed by atoms with Gasteiger partial charge in [0.05, 0.1) is 5.41 Å². The Bertz CT molecular complexity index is 516. The number of hydrogen-bond donors (Lipinski definition) is 3. The van der Waals surface area contributed by atoms with Crippen LogP contribution in [-0.4, -0.2) is 22.5 Å². The molecule has 1 amide bonds. The van der Waals surface area contributed by atoms with E-state index < -0.39 is 16.9 Å². The highest BCUT2D eigenvalue weighted by Gasteiger charge is 2.53. The highest BCUT2D eigenvalue weighted by molar-refractivity contribution is 5.94. The van der Waals surface area contributed by atoms with Gasteiger partial charge in [0.25, 0.3) is 0 Å². The molecule has 5 nitrogen and oxygen atoms in total. The molecule has 0 aromatic heterocycles. The SMILES string of the molecule is CC(C)(C(=O)NC1(C(=O)O)CC1)c1ccc(N)cc1. The van der Waals surface area contributed by atoms with E-state index in [0.29, 0.717) is 18.5 Å². The molecule has 0 saturated heterocycles. The van der Waals surface area contributed by atoms with Gasteiger partial charge in [-0.1, -0.05) is 12.1 Å². The third-order valence-corrected chi connectivity index (χ3v) is 3.71. The molecule has 0 spiro atoms. The van der Waals surface area contributed by atoms with Gasteiger partial charge in [-0.05, 0) is 44.4 Å². The highest BCUT2D eigenvalue weighted by atomic mass is 16.4. The van der Waals surface area contributed by atoms with Crippen molar-refractivity contribution in [1.82, 2.24) is 5.32 Å². The lowest BCUT2D eigenvalue weighted by molar-refractivity contribution is -0.143. The van der Waals surface area contributed by atoms with Crippen molar-refractivity contribution in [2.24, 2.45) is 0 Å². The van der Waals surface area contributed by atoms with Crippen LogP contribution in [0.5, 0.6) is 0 Å². The first-order chi connectivity index (χ1) is 8.78. The van der Waals surface area contributed by atoms with Gasteiger partial charge in [-0.3, -0.25) is 4.79 Å². The van der Waals surface area contributed by atoms with Crippen molar-refractivity contribution in [3.8, 4) is 0 Å². The molecule has 1 saturated carbocycles. The number of benzene rings is 1. The highest BCUT2D eigenvalue weighted by Crippen LogP contribution is 2.37. The van der Waals surface area contributed by atoms with Crippen LogP contribution >= 0.6 is 0 Å². The predicted octanol–water partition coefficient (Wildman–Crippen LogP) is 1.28. The van der Waals surface area contributed by atoms with Gasteiger partial charge in [-0.15, -0.1) is 0 Å². The summed E-state index contributed by atoms with van der Waals surface area (Å²) in [6.07, 6.45) is 0.984. The molecule has 1 aromatic rings. The molecule has 0 aliphatic heterocycles. The number of carboxylic acids is 1. The van der Waals surface area contributed by atoms with E-state index in [-0.39, 0.29) is 5.91 Å². The van der Waals surface area contributed by atoms with Crippen LogP contribution in [0.25, 0.3) is 0 Å². The molecule has 0 atom stereocenters.